The van der Waals surface area contributed by atoms with Crippen LogP contribution >= 0.6 is 0 Å². The zero-order chi connectivity index (χ0) is 11.5. The average Bonchev–Trinajstić information content (AvgIpc) is 3.03. The Morgan fingerprint density at radius 2 is 2.31 bits per heavy atom. The molecule has 1 aliphatic carbocycles. The molecule has 0 aliphatic heterocycles. The normalized spacial score (nSPS) is 17.8. The van der Waals surface area contributed by atoms with Gasteiger partial charge in [0.2, 0.25) is 0 Å². The number of likely N-dealkylation sites (N-methyl/N-ethyl adjacent to an activating group) is 1. The standard InChI is InChI=1S/C12H18FN3/c1-16(12(5-14)10-2-3-10)8-9-4-11(13)7-15-6-9/h4,6-7,10,12H,2-3,5,8,14H2,1H3. The Morgan fingerprint density at radius 3 is 2.88 bits per heavy atom. The Balaban J connectivity index is 1.97. The van der Waals surface area contributed by atoms with Crippen LogP contribution in [0.15, 0.2) is 18.5 Å². The minimum absolute atomic E-state index is 0.276. The van der Waals surface area contributed by atoms with Crippen molar-refractivity contribution in [3.05, 3.63) is 29.8 Å². The van der Waals surface area contributed by atoms with Crippen molar-refractivity contribution in [2.24, 2.45) is 11.7 Å². The van der Waals surface area contributed by atoms with Crippen molar-refractivity contribution in [2.45, 2.75) is 25.4 Å². The Morgan fingerprint density at radius 1 is 1.56 bits per heavy atom. The number of aromatic nitrogens is 1. The lowest BCUT2D eigenvalue weighted by molar-refractivity contribution is 0.215. The lowest BCUT2D eigenvalue weighted by Crippen LogP contribution is -2.39. The number of pyridine rings is 1. The third-order valence-corrected chi connectivity index (χ3v) is 3.17. The van der Waals surface area contributed by atoms with Crippen molar-refractivity contribution in [3.63, 3.8) is 0 Å². The van der Waals surface area contributed by atoms with Crippen LogP contribution in [0.5, 0.6) is 0 Å². The maximum Gasteiger partial charge on any atom is 0.141 e. The van der Waals surface area contributed by atoms with Crippen LogP contribution in [-0.4, -0.2) is 29.5 Å². The minimum atomic E-state index is -0.276. The van der Waals surface area contributed by atoms with Crippen LogP contribution in [0.3, 0.4) is 0 Å². The molecule has 1 heterocycles. The van der Waals surface area contributed by atoms with Crippen molar-refractivity contribution in [3.8, 4) is 0 Å². The molecule has 2 rings (SSSR count). The van der Waals surface area contributed by atoms with Gasteiger partial charge in [-0.05, 0) is 37.4 Å². The first-order valence-corrected chi connectivity index (χ1v) is 5.70. The molecule has 1 fully saturated rings. The van der Waals surface area contributed by atoms with E-state index in [1.54, 1.807) is 6.20 Å². The van der Waals surface area contributed by atoms with Gasteiger partial charge in [-0.15, -0.1) is 0 Å². The first kappa shape index (κ1) is 11.5. The summed E-state index contributed by atoms with van der Waals surface area (Å²) < 4.78 is 13.0. The topological polar surface area (TPSA) is 42.2 Å². The average molecular weight is 223 g/mol. The first-order chi connectivity index (χ1) is 7.70. The van der Waals surface area contributed by atoms with Gasteiger partial charge in [0.05, 0.1) is 6.20 Å². The van der Waals surface area contributed by atoms with Gasteiger partial charge in [-0.2, -0.15) is 0 Å². The second-order valence-corrected chi connectivity index (χ2v) is 4.57. The number of nitrogens with two attached hydrogens (primary N) is 1. The van der Waals surface area contributed by atoms with Gasteiger partial charge in [-0.25, -0.2) is 4.39 Å². The highest BCUT2D eigenvalue weighted by Gasteiger charge is 2.32. The van der Waals surface area contributed by atoms with Crippen LogP contribution in [0, 0.1) is 11.7 Å². The molecule has 0 amide bonds. The summed E-state index contributed by atoms with van der Waals surface area (Å²) in [6.07, 6.45) is 5.48. The van der Waals surface area contributed by atoms with E-state index < -0.39 is 0 Å². The maximum absolute atomic E-state index is 13.0. The van der Waals surface area contributed by atoms with Gasteiger partial charge in [0, 0.05) is 25.3 Å². The third-order valence-electron chi connectivity index (χ3n) is 3.17. The van der Waals surface area contributed by atoms with E-state index in [2.05, 4.69) is 9.88 Å². The third kappa shape index (κ3) is 2.77. The van der Waals surface area contributed by atoms with Crippen LogP contribution < -0.4 is 5.73 Å². The van der Waals surface area contributed by atoms with E-state index in [4.69, 9.17) is 5.73 Å². The molecule has 2 N–H and O–H groups in total. The molecule has 0 bridgehead atoms. The minimum Gasteiger partial charge on any atom is -0.329 e. The molecule has 1 aromatic heterocycles. The van der Waals surface area contributed by atoms with Gasteiger partial charge >= 0.3 is 0 Å². The summed E-state index contributed by atoms with van der Waals surface area (Å²) >= 11 is 0. The molecule has 3 nitrogen and oxygen atoms in total. The van der Waals surface area contributed by atoms with Gasteiger partial charge in [0.15, 0.2) is 0 Å². The van der Waals surface area contributed by atoms with Crippen LogP contribution in [0.2, 0.25) is 0 Å². The van der Waals surface area contributed by atoms with Crippen LogP contribution in [0.25, 0.3) is 0 Å². The Labute approximate surface area is 95.5 Å². The highest BCUT2D eigenvalue weighted by atomic mass is 19.1. The summed E-state index contributed by atoms with van der Waals surface area (Å²) in [5, 5.41) is 0. The van der Waals surface area contributed by atoms with Crippen molar-refractivity contribution in [2.75, 3.05) is 13.6 Å². The van der Waals surface area contributed by atoms with Gasteiger partial charge in [0.1, 0.15) is 5.82 Å². The maximum atomic E-state index is 13.0. The number of nitrogens with zero attached hydrogens (tertiary/aromatic N) is 2. The number of hydrogen-bond donors (Lipinski definition) is 1. The molecule has 1 atom stereocenters. The summed E-state index contributed by atoms with van der Waals surface area (Å²) in [5.74, 6) is 0.457. The summed E-state index contributed by atoms with van der Waals surface area (Å²) in [6, 6.07) is 1.95. The predicted molar refractivity (Wildman–Crippen MR) is 61.2 cm³/mol. The van der Waals surface area contributed by atoms with Gasteiger partial charge in [-0.1, -0.05) is 0 Å². The lowest BCUT2D eigenvalue weighted by atomic mass is 10.1. The smallest absolute Gasteiger partial charge is 0.141 e. The van der Waals surface area contributed by atoms with E-state index in [0.717, 1.165) is 11.5 Å². The Bertz CT molecular complexity index is 352. The first-order valence-electron chi connectivity index (χ1n) is 5.70. The van der Waals surface area contributed by atoms with Crippen molar-refractivity contribution in [1.82, 2.24) is 9.88 Å². The molecular formula is C12H18FN3. The molecule has 0 spiro atoms. The zero-order valence-corrected chi connectivity index (χ0v) is 9.56. The van der Waals surface area contributed by atoms with Crippen molar-refractivity contribution < 1.29 is 4.39 Å². The fourth-order valence-corrected chi connectivity index (χ4v) is 2.16. The van der Waals surface area contributed by atoms with Crippen LogP contribution in [-0.2, 0) is 6.54 Å². The quantitative estimate of drug-likeness (QED) is 0.820. The lowest BCUT2D eigenvalue weighted by Gasteiger charge is -2.26. The number of rotatable bonds is 5. The molecule has 4 heteroatoms. The molecule has 1 saturated carbocycles. The number of hydrogen-bond acceptors (Lipinski definition) is 3. The predicted octanol–water partition coefficient (Wildman–Crippen LogP) is 1.39. The van der Waals surface area contributed by atoms with E-state index in [-0.39, 0.29) is 5.82 Å². The van der Waals surface area contributed by atoms with E-state index in [0.29, 0.717) is 19.1 Å². The fraction of sp³-hybridized carbons (Fsp3) is 0.583. The molecule has 1 aromatic rings. The SMILES string of the molecule is CN(Cc1cncc(F)c1)C(CN)C1CC1. The van der Waals surface area contributed by atoms with Gasteiger partial charge in [0.25, 0.3) is 0 Å². The molecule has 88 valence electrons. The van der Waals surface area contributed by atoms with E-state index >= 15 is 0 Å². The van der Waals surface area contributed by atoms with E-state index in [1.165, 1.54) is 25.1 Å². The summed E-state index contributed by atoms with van der Waals surface area (Å²) in [6.45, 7) is 1.38. The van der Waals surface area contributed by atoms with Crippen molar-refractivity contribution >= 4 is 0 Å². The highest BCUT2D eigenvalue weighted by molar-refractivity contribution is 5.10. The van der Waals surface area contributed by atoms with E-state index in [1.807, 2.05) is 7.05 Å². The van der Waals surface area contributed by atoms with Crippen LogP contribution in [0.4, 0.5) is 4.39 Å². The molecule has 0 radical (unpaired) electrons. The molecule has 0 aromatic carbocycles. The van der Waals surface area contributed by atoms with Gasteiger partial charge < -0.3 is 5.73 Å². The van der Waals surface area contributed by atoms with Gasteiger partial charge in [-0.3, -0.25) is 9.88 Å². The number of halogens is 1. The summed E-state index contributed by atoms with van der Waals surface area (Å²) in [4.78, 5) is 6.05. The largest absolute Gasteiger partial charge is 0.329 e. The molecule has 16 heavy (non-hydrogen) atoms. The second-order valence-electron chi connectivity index (χ2n) is 4.57. The molecule has 0 saturated heterocycles. The molecule has 1 aliphatic rings. The fourth-order valence-electron chi connectivity index (χ4n) is 2.16. The van der Waals surface area contributed by atoms with Crippen LogP contribution in [0.1, 0.15) is 18.4 Å². The summed E-state index contributed by atoms with van der Waals surface area (Å²) in [5.41, 5.74) is 6.67. The highest BCUT2D eigenvalue weighted by Crippen LogP contribution is 2.34. The zero-order valence-electron chi connectivity index (χ0n) is 9.56. The Kier molecular flexibility index (Phi) is 3.51. The van der Waals surface area contributed by atoms with Crippen molar-refractivity contribution in [1.29, 1.82) is 0 Å². The summed E-state index contributed by atoms with van der Waals surface area (Å²) in [7, 11) is 2.04. The molecule has 1 unspecified atom stereocenters. The molecular weight excluding hydrogens is 205 g/mol. The Hall–Kier alpha value is -1.00. The second kappa shape index (κ2) is 4.89. The van der Waals surface area contributed by atoms with E-state index in [9.17, 15) is 4.39 Å². The monoisotopic (exact) mass is 223 g/mol.